The Morgan fingerprint density at radius 3 is 2.95 bits per heavy atom. The summed E-state index contributed by atoms with van der Waals surface area (Å²) in [4.78, 5) is 27.2. The van der Waals surface area contributed by atoms with Gasteiger partial charge in [0, 0.05) is 36.2 Å². The lowest BCUT2D eigenvalue weighted by atomic mass is 10.0. The molecule has 6 nitrogen and oxygen atoms in total. The van der Waals surface area contributed by atoms with Gasteiger partial charge in [-0.25, -0.2) is 4.98 Å². The van der Waals surface area contributed by atoms with Crippen molar-refractivity contribution in [3.63, 3.8) is 0 Å². The Kier molecular flexibility index (Phi) is 3.29. The molecule has 1 aliphatic rings. The Hall–Kier alpha value is -2.50. The van der Waals surface area contributed by atoms with E-state index in [0.717, 1.165) is 25.1 Å². The second-order valence-electron chi connectivity index (χ2n) is 5.31. The number of hydrogen-bond acceptors (Lipinski definition) is 4. The maximum atomic E-state index is 12.3. The van der Waals surface area contributed by atoms with Crippen molar-refractivity contribution >= 4 is 5.69 Å². The first-order valence-corrected chi connectivity index (χ1v) is 6.93. The summed E-state index contributed by atoms with van der Waals surface area (Å²) < 4.78 is 1.73. The Labute approximate surface area is 121 Å². The van der Waals surface area contributed by atoms with E-state index in [1.54, 1.807) is 16.7 Å². The van der Waals surface area contributed by atoms with E-state index in [1.807, 2.05) is 6.92 Å². The molecule has 2 heterocycles. The van der Waals surface area contributed by atoms with Gasteiger partial charge in [-0.3, -0.25) is 19.5 Å². The molecule has 0 bridgehead atoms. The third-order valence-corrected chi connectivity index (χ3v) is 3.84. The predicted octanol–water partition coefficient (Wildman–Crippen LogP) is 2.72. The normalized spacial score (nSPS) is 17.3. The lowest BCUT2D eigenvalue weighted by molar-refractivity contribution is -0.384. The van der Waals surface area contributed by atoms with Gasteiger partial charge in [-0.05, 0) is 19.8 Å². The van der Waals surface area contributed by atoms with Crippen molar-refractivity contribution in [3.05, 3.63) is 56.6 Å². The second-order valence-corrected chi connectivity index (χ2v) is 5.31. The van der Waals surface area contributed by atoms with E-state index in [0.29, 0.717) is 11.3 Å². The maximum absolute atomic E-state index is 12.3. The molecule has 0 radical (unpaired) electrons. The van der Waals surface area contributed by atoms with Gasteiger partial charge in [0.2, 0.25) is 0 Å². The lowest BCUT2D eigenvalue weighted by Gasteiger charge is -2.24. The van der Waals surface area contributed by atoms with Crippen molar-refractivity contribution in [1.82, 2.24) is 9.55 Å². The standard InChI is InChI=1S/C15H15N3O3/c1-10-4-2-7-14-16-13(9-15(19)17(10)14)11-5-3-6-12(8-11)18(20)21/h3,5-6,8-10H,2,4,7H2,1H3/t10-/m1/s1. The number of nitro benzene ring substituents is 1. The first-order valence-electron chi connectivity index (χ1n) is 6.93. The van der Waals surface area contributed by atoms with Crippen LogP contribution in [0, 0.1) is 10.1 Å². The molecule has 1 aromatic heterocycles. The van der Waals surface area contributed by atoms with Crippen molar-refractivity contribution in [2.75, 3.05) is 0 Å². The van der Waals surface area contributed by atoms with Gasteiger partial charge in [0.05, 0.1) is 10.6 Å². The Morgan fingerprint density at radius 1 is 1.38 bits per heavy atom. The van der Waals surface area contributed by atoms with Gasteiger partial charge in [-0.2, -0.15) is 0 Å². The van der Waals surface area contributed by atoms with Gasteiger partial charge in [-0.15, -0.1) is 0 Å². The maximum Gasteiger partial charge on any atom is 0.270 e. The predicted molar refractivity (Wildman–Crippen MR) is 78.2 cm³/mol. The summed E-state index contributed by atoms with van der Waals surface area (Å²) in [6.07, 6.45) is 2.75. The molecule has 6 heteroatoms. The van der Waals surface area contributed by atoms with Gasteiger partial charge in [0.1, 0.15) is 5.82 Å². The van der Waals surface area contributed by atoms with E-state index in [9.17, 15) is 14.9 Å². The highest BCUT2D eigenvalue weighted by molar-refractivity contribution is 5.62. The number of nitrogens with zero attached hydrogens (tertiary/aromatic N) is 3. The fourth-order valence-corrected chi connectivity index (χ4v) is 2.80. The fourth-order valence-electron chi connectivity index (χ4n) is 2.80. The van der Waals surface area contributed by atoms with Crippen molar-refractivity contribution in [2.45, 2.75) is 32.2 Å². The summed E-state index contributed by atoms with van der Waals surface area (Å²) >= 11 is 0. The number of aromatic nitrogens is 2. The van der Waals surface area contributed by atoms with Crippen LogP contribution in [0.15, 0.2) is 35.1 Å². The smallest absolute Gasteiger partial charge is 0.270 e. The van der Waals surface area contributed by atoms with Crippen LogP contribution in [0.1, 0.15) is 31.6 Å². The molecule has 0 N–H and O–H groups in total. The third kappa shape index (κ3) is 2.44. The number of rotatable bonds is 2. The molecule has 0 aliphatic carbocycles. The zero-order chi connectivity index (χ0) is 15.0. The molecule has 108 valence electrons. The minimum atomic E-state index is -0.448. The summed E-state index contributed by atoms with van der Waals surface area (Å²) in [6, 6.07) is 7.84. The lowest BCUT2D eigenvalue weighted by Crippen LogP contribution is -2.30. The largest absolute Gasteiger partial charge is 0.294 e. The molecule has 1 aromatic carbocycles. The first-order chi connectivity index (χ1) is 10.1. The fraction of sp³-hybridized carbons (Fsp3) is 0.333. The van der Waals surface area contributed by atoms with E-state index in [2.05, 4.69) is 4.98 Å². The van der Waals surface area contributed by atoms with Crippen molar-refractivity contribution in [3.8, 4) is 11.3 Å². The van der Waals surface area contributed by atoms with E-state index in [1.165, 1.54) is 18.2 Å². The minimum Gasteiger partial charge on any atom is -0.294 e. The summed E-state index contributed by atoms with van der Waals surface area (Å²) in [7, 11) is 0. The van der Waals surface area contributed by atoms with Gasteiger partial charge in [0.25, 0.3) is 11.2 Å². The molecule has 21 heavy (non-hydrogen) atoms. The molecule has 0 spiro atoms. The molecular formula is C15H15N3O3. The molecule has 0 amide bonds. The van der Waals surface area contributed by atoms with E-state index in [-0.39, 0.29) is 17.3 Å². The average Bonchev–Trinajstić information content (AvgIpc) is 2.47. The van der Waals surface area contributed by atoms with E-state index < -0.39 is 4.92 Å². The SMILES string of the molecule is C[C@@H]1CCCc2nc(-c3cccc([N+](=O)[O-])c3)cc(=O)n21. The molecule has 0 saturated carbocycles. The zero-order valence-electron chi connectivity index (χ0n) is 11.7. The quantitative estimate of drug-likeness (QED) is 0.627. The summed E-state index contributed by atoms with van der Waals surface area (Å²) in [5.74, 6) is 0.766. The topological polar surface area (TPSA) is 78.0 Å². The number of non-ortho nitro benzene ring substituents is 1. The number of nitro groups is 1. The number of fused-ring (bicyclic) bond motifs is 1. The minimum absolute atomic E-state index is 0.000454. The molecule has 0 fully saturated rings. The molecule has 0 saturated heterocycles. The van der Waals surface area contributed by atoms with Crippen molar-refractivity contribution in [1.29, 1.82) is 0 Å². The van der Waals surface area contributed by atoms with E-state index in [4.69, 9.17) is 0 Å². The molecule has 1 atom stereocenters. The second kappa shape index (κ2) is 5.12. The van der Waals surface area contributed by atoms with Crippen LogP contribution < -0.4 is 5.56 Å². The molecule has 1 aliphatic heterocycles. The van der Waals surface area contributed by atoms with Crippen molar-refractivity contribution in [2.24, 2.45) is 0 Å². The van der Waals surface area contributed by atoms with Crippen LogP contribution in [0.2, 0.25) is 0 Å². The van der Waals surface area contributed by atoms with Crippen LogP contribution in [-0.4, -0.2) is 14.5 Å². The monoisotopic (exact) mass is 285 g/mol. The molecule has 0 unspecified atom stereocenters. The van der Waals surface area contributed by atoms with Crippen LogP contribution >= 0.6 is 0 Å². The van der Waals surface area contributed by atoms with Crippen LogP contribution in [0.25, 0.3) is 11.3 Å². The molecular weight excluding hydrogens is 270 g/mol. The third-order valence-electron chi connectivity index (χ3n) is 3.84. The van der Waals surface area contributed by atoms with Gasteiger partial charge in [0.15, 0.2) is 0 Å². The summed E-state index contributed by atoms with van der Waals surface area (Å²) in [5.41, 5.74) is 1.01. The highest BCUT2D eigenvalue weighted by Gasteiger charge is 2.19. The highest BCUT2D eigenvalue weighted by atomic mass is 16.6. The van der Waals surface area contributed by atoms with Crippen LogP contribution in [0.5, 0.6) is 0 Å². The van der Waals surface area contributed by atoms with Gasteiger partial charge < -0.3 is 0 Å². The van der Waals surface area contributed by atoms with E-state index >= 15 is 0 Å². The number of aryl methyl sites for hydroxylation is 1. The summed E-state index contributed by atoms with van der Waals surface area (Å²) in [5, 5.41) is 10.8. The van der Waals surface area contributed by atoms with Crippen LogP contribution in [-0.2, 0) is 6.42 Å². The Morgan fingerprint density at radius 2 is 2.19 bits per heavy atom. The molecule has 2 aromatic rings. The van der Waals surface area contributed by atoms with Crippen molar-refractivity contribution < 1.29 is 4.92 Å². The molecule has 3 rings (SSSR count). The summed E-state index contributed by atoms with van der Waals surface area (Å²) in [6.45, 7) is 2.01. The van der Waals surface area contributed by atoms with Gasteiger partial charge in [-0.1, -0.05) is 12.1 Å². The number of benzene rings is 1. The van der Waals surface area contributed by atoms with Crippen LogP contribution in [0.4, 0.5) is 5.69 Å². The number of hydrogen-bond donors (Lipinski definition) is 0. The first kappa shape index (κ1) is 13.5. The Bertz CT molecular complexity index is 767. The van der Waals surface area contributed by atoms with Gasteiger partial charge >= 0.3 is 0 Å². The average molecular weight is 285 g/mol. The zero-order valence-corrected chi connectivity index (χ0v) is 11.7. The Balaban J connectivity index is 2.12. The van der Waals surface area contributed by atoms with Crippen LogP contribution in [0.3, 0.4) is 0 Å². The highest BCUT2D eigenvalue weighted by Crippen LogP contribution is 2.25.